The molecule has 0 aliphatic carbocycles. The van der Waals surface area contributed by atoms with Gasteiger partial charge in [0.05, 0.1) is 0 Å². The molecule has 4 nitrogen and oxygen atoms in total. The number of furan rings is 1. The van der Waals surface area contributed by atoms with Crippen molar-refractivity contribution in [1.29, 1.82) is 0 Å². The van der Waals surface area contributed by atoms with Gasteiger partial charge in [0, 0.05) is 0 Å². The molecule has 0 N–H and O–H groups in total. The van der Waals surface area contributed by atoms with E-state index in [2.05, 4.69) is 9.97 Å². The SMILES string of the molecule is c1nc2c3coc(c3n1)CO2. The average Bonchev–Trinajstić information content (AvgIpc) is 2.28. The van der Waals surface area contributed by atoms with Crippen LogP contribution in [-0.4, -0.2) is 9.97 Å². The fraction of sp³-hybridized carbons (Fsp3) is 0.143. The first-order valence-corrected chi connectivity index (χ1v) is 3.29. The van der Waals surface area contributed by atoms with Gasteiger partial charge >= 0.3 is 0 Å². The van der Waals surface area contributed by atoms with Crippen LogP contribution in [0.25, 0.3) is 10.9 Å². The molecule has 0 aromatic carbocycles. The van der Waals surface area contributed by atoms with Gasteiger partial charge in [-0.05, 0) is 0 Å². The second-order valence-electron chi connectivity index (χ2n) is 2.39. The molecule has 0 atom stereocenters. The summed E-state index contributed by atoms with van der Waals surface area (Å²) in [6.07, 6.45) is 3.11. The van der Waals surface area contributed by atoms with E-state index >= 15 is 0 Å². The Morgan fingerprint density at radius 1 is 1.36 bits per heavy atom. The van der Waals surface area contributed by atoms with Gasteiger partial charge in [0.25, 0.3) is 0 Å². The van der Waals surface area contributed by atoms with Crippen molar-refractivity contribution in [2.24, 2.45) is 0 Å². The largest absolute Gasteiger partial charge is 0.469 e. The van der Waals surface area contributed by atoms with Crippen LogP contribution in [-0.2, 0) is 6.61 Å². The van der Waals surface area contributed by atoms with Gasteiger partial charge in [0.15, 0.2) is 5.76 Å². The standard InChI is InChI=1S/C7H4N2O2/c1-4-6-5(10-1)2-11-7(4)9-3-8-6/h1,3H,2H2. The molecule has 0 saturated heterocycles. The van der Waals surface area contributed by atoms with Crippen LogP contribution in [0, 0.1) is 0 Å². The molecule has 0 amide bonds. The van der Waals surface area contributed by atoms with E-state index in [-0.39, 0.29) is 0 Å². The highest BCUT2D eigenvalue weighted by atomic mass is 16.5. The number of aromatic nitrogens is 2. The third-order valence-electron chi connectivity index (χ3n) is 1.77. The summed E-state index contributed by atoms with van der Waals surface area (Å²) in [5, 5.41) is 0.869. The van der Waals surface area contributed by atoms with Crippen LogP contribution in [0.15, 0.2) is 17.0 Å². The maximum atomic E-state index is 5.24. The number of rotatable bonds is 0. The fourth-order valence-electron chi connectivity index (χ4n) is 1.25. The lowest BCUT2D eigenvalue weighted by Crippen LogP contribution is -2.01. The first-order chi connectivity index (χ1) is 5.45. The van der Waals surface area contributed by atoms with Crippen molar-refractivity contribution in [1.82, 2.24) is 9.97 Å². The Morgan fingerprint density at radius 3 is 3.27 bits per heavy atom. The number of hydrogen-bond donors (Lipinski definition) is 0. The summed E-state index contributed by atoms with van der Waals surface area (Å²) in [5.74, 6) is 1.41. The zero-order valence-corrected chi connectivity index (χ0v) is 5.57. The predicted molar refractivity (Wildman–Crippen MR) is 36.1 cm³/mol. The molecule has 3 rings (SSSR count). The topological polar surface area (TPSA) is 48.2 Å². The first kappa shape index (κ1) is 5.12. The van der Waals surface area contributed by atoms with Crippen LogP contribution >= 0.6 is 0 Å². The molecular weight excluding hydrogens is 144 g/mol. The van der Waals surface area contributed by atoms with Crippen molar-refractivity contribution in [3.63, 3.8) is 0 Å². The van der Waals surface area contributed by atoms with E-state index in [9.17, 15) is 0 Å². The molecule has 0 radical (unpaired) electrons. The normalized spacial score (nSPS) is 13.8. The average molecular weight is 148 g/mol. The van der Waals surface area contributed by atoms with Gasteiger partial charge in [-0.3, -0.25) is 0 Å². The Morgan fingerprint density at radius 2 is 2.36 bits per heavy atom. The van der Waals surface area contributed by atoms with Crippen LogP contribution in [0.5, 0.6) is 5.88 Å². The van der Waals surface area contributed by atoms with Crippen molar-refractivity contribution < 1.29 is 9.15 Å². The maximum absolute atomic E-state index is 5.24. The molecule has 4 bridgehead atoms. The van der Waals surface area contributed by atoms with Crippen LogP contribution in [0.4, 0.5) is 0 Å². The van der Waals surface area contributed by atoms with E-state index in [1.54, 1.807) is 6.26 Å². The molecular formula is C7H4N2O2. The minimum Gasteiger partial charge on any atom is -0.469 e. The summed E-state index contributed by atoms with van der Waals surface area (Å²) in [6, 6.07) is 0. The molecule has 2 aromatic heterocycles. The number of nitrogens with zero attached hydrogens (tertiary/aromatic N) is 2. The first-order valence-electron chi connectivity index (χ1n) is 3.29. The van der Waals surface area contributed by atoms with E-state index in [1.807, 2.05) is 0 Å². The Kier molecular flexibility index (Phi) is 0.711. The van der Waals surface area contributed by atoms with Gasteiger partial charge < -0.3 is 9.15 Å². The summed E-state index contributed by atoms with van der Waals surface area (Å²) in [7, 11) is 0. The highest BCUT2D eigenvalue weighted by Crippen LogP contribution is 2.30. The van der Waals surface area contributed by atoms with Gasteiger partial charge in [-0.2, -0.15) is 0 Å². The molecule has 0 saturated carbocycles. The van der Waals surface area contributed by atoms with Crippen molar-refractivity contribution in [3.05, 3.63) is 18.4 Å². The minimum atomic E-state index is 0.450. The Bertz CT molecular complexity index is 421. The van der Waals surface area contributed by atoms with Gasteiger partial charge in [-0.25, -0.2) is 9.97 Å². The summed E-state index contributed by atoms with van der Waals surface area (Å²) in [5.41, 5.74) is 0.876. The molecule has 11 heavy (non-hydrogen) atoms. The van der Waals surface area contributed by atoms with Crippen LogP contribution in [0.3, 0.4) is 0 Å². The summed E-state index contributed by atoms with van der Waals surface area (Å²) in [4.78, 5) is 8.02. The third-order valence-corrected chi connectivity index (χ3v) is 1.77. The molecule has 3 heterocycles. The van der Waals surface area contributed by atoms with Gasteiger partial charge in [0.1, 0.15) is 30.1 Å². The molecule has 0 fully saturated rings. The second kappa shape index (κ2) is 1.53. The van der Waals surface area contributed by atoms with E-state index in [0.717, 1.165) is 16.7 Å². The second-order valence-corrected chi connectivity index (χ2v) is 2.39. The lowest BCUT2D eigenvalue weighted by molar-refractivity contribution is 0.267. The van der Waals surface area contributed by atoms with Crippen LogP contribution in [0.2, 0.25) is 0 Å². The van der Waals surface area contributed by atoms with Gasteiger partial charge in [0.2, 0.25) is 5.88 Å². The maximum Gasteiger partial charge on any atom is 0.228 e. The molecule has 0 unspecified atom stereocenters. The molecule has 1 aliphatic heterocycles. The van der Waals surface area contributed by atoms with E-state index in [1.165, 1.54) is 6.33 Å². The lowest BCUT2D eigenvalue weighted by Gasteiger charge is -2.07. The zero-order valence-electron chi connectivity index (χ0n) is 5.57. The molecule has 54 valence electrons. The van der Waals surface area contributed by atoms with Crippen molar-refractivity contribution in [2.45, 2.75) is 6.61 Å². The summed E-state index contributed by atoms with van der Waals surface area (Å²) >= 11 is 0. The highest BCUT2D eigenvalue weighted by molar-refractivity contribution is 5.85. The van der Waals surface area contributed by atoms with E-state index < -0.39 is 0 Å². The quantitative estimate of drug-likeness (QED) is 0.561. The molecule has 1 aliphatic rings. The monoisotopic (exact) mass is 148 g/mol. The highest BCUT2D eigenvalue weighted by Gasteiger charge is 2.18. The van der Waals surface area contributed by atoms with Crippen molar-refractivity contribution in [2.75, 3.05) is 0 Å². The van der Waals surface area contributed by atoms with Crippen molar-refractivity contribution in [3.8, 4) is 5.88 Å². The Labute approximate surface area is 61.8 Å². The third kappa shape index (κ3) is 0.497. The zero-order chi connectivity index (χ0) is 7.26. The van der Waals surface area contributed by atoms with E-state index in [0.29, 0.717) is 12.5 Å². The summed E-state index contributed by atoms with van der Waals surface area (Å²) < 4.78 is 10.4. The van der Waals surface area contributed by atoms with E-state index in [4.69, 9.17) is 9.15 Å². The minimum absolute atomic E-state index is 0.450. The van der Waals surface area contributed by atoms with Gasteiger partial charge in [-0.1, -0.05) is 0 Å². The van der Waals surface area contributed by atoms with Crippen LogP contribution < -0.4 is 4.74 Å². The summed E-state index contributed by atoms with van der Waals surface area (Å²) in [6.45, 7) is 0.450. The Hall–Kier alpha value is -1.58. The molecule has 2 aromatic rings. The fourth-order valence-corrected chi connectivity index (χ4v) is 1.25. The number of ether oxygens (including phenoxy) is 1. The van der Waals surface area contributed by atoms with Crippen molar-refractivity contribution >= 4 is 10.9 Å². The van der Waals surface area contributed by atoms with Gasteiger partial charge in [-0.15, -0.1) is 0 Å². The Balaban J connectivity index is 2.64. The predicted octanol–water partition coefficient (Wildman–Crippen LogP) is 1.12. The smallest absolute Gasteiger partial charge is 0.228 e. The molecule has 4 heteroatoms. The number of hydrogen-bond acceptors (Lipinski definition) is 4. The lowest BCUT2D eigenvalue weighted by atomic mass is 10.3. The molecule has 0 spiro atoms. The van der Waals surface area contributed by atoms with Crippen LogP contribution in [0.1, 0.15) is 5.76 Å².